The highest BCUT2D eigenvalue weighted by Gasteiger charge is 2.48. The Morgan fingerprint density at radius 3 is 2.46 bits per heavy atom. The number of unbranched alkanes of at least 4 members (excludes halogenated alkanes) is 2. The molecule has 9 nitrogen and oxygen atoms in total. The quantitative estimate of drug-likeness (QED) is 0.192. The number of aryl methyl sites for hydroxylation is 1. The number of hydrogen-bond donors (Lipinski definition) is 0. The lowest BCUT2D eigenvalue weighted by atomic mass is 10.0. The summed E-state index contributed by atoms with van der Waals surface area (Å²) in [6, 6.07) is 7.81. The summed E-state index contributed by atoms with van der Waals surface area (Å²) in [6.07, 6.45) is 16.0. The molecule has 9 heteroatoms. The predicted molar refractivity (Wildman–Crippen MR) is 183 cm³/mol. The van der Waals surface area contributed by atoms with Gasteiger partial charge in [0.2, 0.25) is 0 Å². The van der Waals surface area contributed by atoms with Gasteiger partial charge in [-0.15, -0.1) is 0 Å². The van der Waals surface area contributed by atoms with Gasteiger partial charge in [0.15, 0.2) is 23.5 Å². The summed E-state index contributed by atoms with van der Waals surface area (Å²) >= 11 is 0. The van der Waals surface area contributed by atoms with E-state index in [2.05, 4.69) is 12.7 Å². The van der Waals surface area contributed by atoms with Crippen LogP contribution < -0.4 is 14.2 Å². The fourth-order valence-electron chi connectivity index (χ4n) is 7.51. The Bertz CT molecular complexity index is 1640. The molecule has 254 valence electrons. The zero-order valence-corrected chi connectivity index (χ0v) is 28.1. The van der Waals surface area contributed by atoms with Crippen LogP contribution in [0, 0.1) is 6.92 Å². The molecule has 2 aromatic rings. The maximum absolute atomic E-state index is 13.9. The van der Waals surface area contributed by atoms with Crippen molar-refractivity contribution in [2.75, 3.05) is 40.0 Å². The van der Waals surface area contributed by atoms with Crippen LogP contribution in [0.4, 0.5) is 0 Å². The number of carbonyl (C=O) groups is 2. The van der Waals surface area contributed by atoms with Crippen LogP contribution in [0.25, 0.3) is 12.2 Å². The summed E-state index contributed by atoms with van der Waals surface area (Å²) in [5.41, 5.74) is 4.01. The van der Waals surface area contributed by atoms with Crippen molar-refractivity contribution in [1.82, 2.24) is 9.80 Å². The van der Waals surface area contributed by atoms with Gasteiger partial charge < -0.3 is 33.5 Å². The second-order valence-electron chi connectivity index (χ2n) is 13.5. The van der Waals surface area contributed by atoms with E-state index in [1.54, 1.807) is 12.0 Å². The number of carbonyl (C=O) groups excluding carboxylic acids is 2. The van der Waals surface area contributed by atoms with E-state index in [1.165, 1.54) is 0 Å². The van der Waals surface area contributed by atoms with Gasteiger partial charge in [-0.25, -0.2) is 0 Å². The van der Waals surface area contributed by atoms with Crippen LogP contribution in [0.2, 0.25) is 0 Å². The molecular formula is C39H46N2O7. The fraction of sp³-hybridized carbons (Fsp3) is 0.487. The first kappa shape index (κ1) is 32.5. The number of fused-ring (bicyclic) bond motifs is 4. The molecule has 5 aliphatic rings. The van der Waals surface area contributed by atoms with Crippen molar-refractivity contribution in [3.8, 4) is 17.2 Å². The summed E-state index contributed by atoms with van der Waals surface area (Å²) in [7, 11) is 1.61. The number of amides is 2. The second kappa shape index (κ2) is 13.8. The lowest BCUT2D eigenvalue weighted by Crippen LogP contribution is -2.50. The molecule has 3 fully saturated rings. The van der Waals surface area contributed by atoms with Crippen molar-refractivity contribution in [3.63, 3.8) is 0 Å². The normalized spacial score (nSPS) is 24.5. The molecule has 0 aromatic heterocycles. The number of benzene rings is 2. The minimum absolute atomic E-state index is 0.0593. The van der Waals surface area contributed by atoms with E-state index in [1.807, 2.05) is 54.3 Å². The van der Waals surface area contributed by atoms with E-state index in [4.69, 9.17) is 23.7 Å². The molecule has 1 unspecified atom stereocenters. The van der Waals surface area contributed by atoms with Crippen LogP contribution in [0.5, 0.6) is 17.2 Å². The molecular weight excluding hydrogens is 608 g/mol. The molecule has 7 rings (SSSR count). The molecule has 2 amide bonds. The molecule has 2 aromatic carbocycles. The first-order valence-corrected chi connectivity index (χ1v) is 17.4. The predicted octanol–water partition coefficient (Wildman–Crippen LogP) is 6.93. The lowest BCUT2D eigenvalue weighted by Gasteiger charge is -2.38. The summed E-state index contributed by atoms with van der Waals surface area (Å²) < 4.78 is 30.4. The highest BCUT2D eigenvalue weighted by molar-refractivity contribution is 6.01. The molecule has 0 aliphatic carbocycles. The van der Waals surface area contributed by atoms with E-state index in [0.717, 1.165) is 85.9 Å². The van der Waals surface area contributed by atoms with E-state index in [0.29, 0.717) is 55.4 Å². The first-order chi connectivity index (χ1) is 23.3. The van der Waals surface area contributed by atoms with Crippen molar-refractivity contribution in [1.29, 1.82) is 0 Å². The molecule has 5 aliphatic heterocycles. The third kappa shape index (κ3) is 6.38. The summed E-state index contributed by atoms with van der Waals surface area (Å²) in [4.78, 5) is 30.8. The van der Waals surface area contributed by atoms with Crippen LogP contribution >= 0.6 is 0 Å². The van der Waals surface area contributed by atoms with Crippen LogP contribution in [0.1, 0.15) is 95.2 Å². The largest absolute Gasteiger partial charge is 0.493 e. The van der Waals surface area contributed by atoms with Gasteiger partial charge in [0, 0.05) is 31.7 Å². The van der Waals surface area contributed by atoms with Gasteiger partial charge >= 0.3 is 0 Å². The zero-order chi connectivity index (χ0) is 33.3. The van der Waals surface area contributed by atoms with Gasteiger partial charge in [-0.2, -0.15) is 0 Å². The minimum atomic E-state index is -0.889. The third-order valence-electron chi connectivity index (χ3n) is 10.1. The van der Waals surface area contributed by atoms with Gasteiger partial charge in [0.05, 0.1) is 31.9 Å². The van der Waals surface area contributed by atoms with Gasteiger partial charge in [-0.1, -0.05) is 30.4 Å². The number of methoxy groups -OCH3 is 1. The molecule has 0 spiro atoms. The maximum atomic E-state index is 13.9. The standard InChI is InChI=1S/C39H46N2O7/c1-26-24-39(48-36-11-5-8-19-47-36)15-14-29-21-33(27(2)20-31(29)38(43)41(39)25-26)45-17-6-4-7-18-46-35-22-28-12-13-30-10-9-16-40(30)37(42)32(28)23-34(35)44-3/h12-15,20-23,30,36H,1,4-11,16-19,24-25H2,2-3H3/t30-,36?,39-/m0/s1. The smallest absolute Gasteiger partial charge is 0.257 e. The Morgan fingerprint density at radius 2 is 1.67 bits per heavy atom. The number of nitrogens with zero attached hydrogens (tertiary/aromatic N) is 2. The lowest BCUT2D eigenvalue weighted by molar-refractivity contribution is -0.235. The van der Waals surface area contributed by atoms with E-state index < -0.39 is 5.72 Å². The van der Waals surface area contributed by atoms with Crippen molar-refractivity contribution < 1.29 is 33.3 Å². The number of hydrogen-bond acceptors (Lipinski definition) is 7. The van der Waals surface area contributed by atoms with Gasteiger partial charge in [0.25, 0.3) is 11.8 Å². The number of ether oxygens (including phenoxy) is 5. The molecule has 3 saturated heterocycles. The highest BCUT2D eigenvalue weighted by atomic mass is 16.7. The Hall–Kier alpha value is -4.08. The van der Waals surface area contributed by atoms with Crippen molar-refractivity contribution in [3.05, 3.63) is 76.4 Å². The van der Waals surface area contributed by atoms with E-state index in [9.17, 15) is 9.59 Å². The van der Waals surface area contributed by atoms with Gasteiger partial charge in [-0.3, -0.25) is 9.59 Å². The topological polar surface area (TPSA) is 86.8 Å². The monoisotopic (exact) mass is 654 g/mol. The van der Waals surface area contributed by atoms with Crippen LogP contribution in [0.15, 0.2) is 48.6 Å². The van der Waals surface area contributed by atoms with E-state index in [-0.39, 0.29) is 24.1 Å². The second-order valence-corrected chi connectivity index (χ2v) is 13.5. The van der Waals surface area contributed by atoms with Gasteiger partial charge in [-0.05, 0) is 105 Å². The third-order valence-corrected chi connectivity index (χ3v) is 10.1. The summed E-state index contributed by atoms with van der Waals surface area (Å²) in [5, 5.41) is 0. The molecule has 0 saturated carbocycles. The Labute approximate surface area is 283 Å². The van der Waals surface area contributed by atoms with Crippen LogP contribution in [0.3, 0.4) is 0 Å². The highest BCUT2D eigenvalue weighted by Crippen LogP contribution is 2.42. The molecule has 5 heterocycles. The average molecular weight is 655 g/mol. The Kier molecular flexibility index (Phi) is 9.34. The molecule has 0 N–H and O–H groups in total. The molecule has 48 heavy (non-hydrogen) atoms. The fourth-order valence-corrected chi connectivity index (χ4v) is 7.51. The van der Waals surface area contributed by atoms with Gasteiger partial charge in [0.1, 0.15) is 5.75 Å². The Morgan fingerprint density at radius 1 is 0.896 bits per heavy atom. The first-order valence-electron chi connectivity index (χ1n) is 17.4. The average Bonchev–Trinajstić information content (AvgIpc) is 3.64. The van der Waals surface area contributed by atoms with E-state index >= 15 is 0 Å². The van der Waals surface area contributed by atoms with Crippen molar-refractivity contribution >= 4 is 24.0 Å². The van der Waals surface area contributed by atoms with Crippen LogP contribution in [-0.4, -0.2) is 79.7 Å². The minimum Gasteiger partial charge on any atom is -0.493 e. The Balaban J connectivity index is 0.936. The summed E-state index contributed by atoms with van der Waals surface area (Å²) in [6.45, 7) is 9.19. The zero-order valence-electron chi connectivity index (χ0n) is 28.1. The molecule has 0 bridgehead atoms. The van der Waals surface area contributed by atoms with Crippen LogP contribution in [-0.2, 0) is 9.47 Å². The number of rotatable bonds is 11. The van der Waals surface area contributed by atoms with Crippen molar-refractivity contribution in [2.45, 2.75) is 82.8 Å². The maximum Gasteiger partial charge on any atom is 0.257 e. The molecule has 0 radical (unpaired) electrons. The molecule has 3 atom stereocenters. The van der Waals surface area contributed by atoms with Crippen molar-refractivity contribution in [2.24, 2.45) is 0 Å². The summed E-state index contributed by atoms with van der Waals surface area (Å²) in [5.74, 6) is 2.00. The SMILES string of the molecule is C=C1CN2C(=O)c3cc(C)c(OCCCCCOc4cc5c(cc4OC)C(=O)N4CCC[C@H]4C=C5)cc3C=C[C@]2(OC2CCCCO2)C1.